The third-order valence-electron chi connectivity index (χ3n) is 8.44. The van der Waals surface area contributed by atoms with Gasteiger partial charge in [-0.3, -0.25) is 9.13 Å². The molecule has 0 spiro atoms. The number of benzene rings is 2. The maximum absolute atomic E-state index is 14.3. The first-order valence-electron chi connectivity index (χ1n) is 14.1. The predicted octanol–water partition coefficient (Wildman–Crippen LogP) is 7.27. The summed E-state index contributed by atoms with van der Waals surface area (Å²) in [6.45, 7) is 12.0. The van der Waals surface area contributed by atoms with Gasteiger partial charge in [-0.15, -0.1) is 20.4 Å². The molecule has 2 saturated carbocycles. The summed E-state index contributed by atoms with van der Waals surface area (Å²) in [4.78, 5) is 0. The van der Waals surface area contributed by atoms with Crippen LogP contribution in [-0.2, 0) is 11.1 Å². The Labute approximate surface area is 246 Å². The van der Waals surface area contributed by atoms with E-state index in [4.69, 9.17) is 0 Å². The Bertz CT molecular complexity index is 1730. The van der Waals surface area contributed by atoms with Gasteiger partial charge in [-0.25, -0.2) is 8.78 Å². The monoisotopic (exact) mass is 622 g/mol. The van der Waals surface area contributed by atoms with Gasteiger partial charge in [0.1, 0.15) is 23.3 Å². The van der Waals surface area contributed by atoms with Crippen molar-refractivity contribution in [2.24, 2.45) is 0 Å². The third kappa shape index (κ3) is 4.18. The number of halogens is 3. The van der Waals surface area contributed by atoms with E-state index in [1.807, 2.05) is 41.5 Å². The first kappa shape index (κ1) is 26.6. The SMILES string of the molecule is Cc1nnc2n1-c1c(cc(F)c(Br)c1C1CC1)NC2(C)C.Cc1nnc2n1-c1c(cc(F)cc1C1CC1)NC2(C)C. The van der Waals surface area contributed by atoms with Crippen LogP contribution in [-0.4, -0.2) is 29.5 Å². The lowest BCUT2D eigenvalue weighted by molar-refractivity contribution is 0.530. The highest BCUT2D eigenvalue weighted by Crippen LogP contribution is 2.51. The Kier molecular flexibility index (Phi) is 5.72. The van der Waals surface area contributed by atoms with Crippen molar-refractivity contribution in [3.8, 4) is 11.4 Å². The van der Waals surface area contributed by atoms with Crippen LogP contribution >= 0.6 is 15.9 Å². The molecule has 4 aliphatic rings. The summed E-state index contributed by atoms with van der Waals surface area (Å²) >= 11 is 3.44. The molecular weight excluding hydrogens is 590 g/mol. The summed E-state index contributed by atoms with van der Waals surface area (Å²) in [6.07, 6.45) is 4.48. The van der Waals surface area contributed by atoms with Crippen LogP contribution in [0.25, 0.3) is 11.4 Å². The minimum atomic E-state index is -0.380. The minimum Gasteiger partial charge on any atom is -0.371 e. The van der Waals surface area contributed by atoms with Gasteiger partial charge >= 0.3 is 0 Å². The molecule has 0 unspecified atom stereocenters. The molecule has 4 heterocycles. The second-order valence-electron chi connectivity index (χ2n) is 12.7. The largest absolute Gasteiger partial charge is 0.371 e. The normalized spacial score (nSPS) is 19.0. The van der Waals surface area contributed by atoms with E-state index < -0.39 is 0 Å². The van der Waals surface area contributed by atoms with Gasteiger partial charge in [-0.2, -0.15) is 0 Å². The molecule has 11 heteroatoms. The highest BCUT2D eigenvalue weighted by Gasteiger charge is 2.40. The molecule has 2 fully saturated rings. The molecule has 2 aliphatic carbocycles. The van der Waals surface area contributed by atoms with Gasteiger partial charge in [-0.1, -0.05) is 0 Å². The molecular formula is C30H33BrF2N8. The van der Waals surface area contributed by atoms with E-state index >= 15 is 0 Å². The Morgan fingerprint density at radius 3 is 1.80 bits per heavy atom. The zero-order chi connectivity index (χ0) is 29.0. The number of aryl methyl sites for hydroxylation is 2. The van der Waals surface area contributed by atoms with Crippen LogP contribution in [0.3, 0.4) is 0 Å². The molecule has 2 N–H and O–H groups in total. The van der Waals surface area contributed by atoms with Gasteiger partial charge in [0, 0.05) is 6.07 Å². The van der Waals surface area contributed by atoms with Crippen molar-refractivity contribution in [3.63, 3.8) is 0 Å². The fraction of sp³-hybridized carbons (Fsp3) is 0.467. The maximum atomic E-state index is 14.3. The molecule has 214 valence electrons. The number of aromatic nitrogens is 6. The fourth-order valence-electron chi connectivity index (χ4n) is 6.24. The molecule has 2 aromatic heterocycles. The predicted molar refractivity (Wildman–Crippen MR) is 157 cm³/mol. The lowest BCUT2D eigenvalue weighted by Gasteiger charge is -2.35. The van der Waals surface area contributed by atoms with E-state index in [0.717, 1.165) is 82.9 Å². The van der Waals surface area contributed by atoms with E-state index in [1.54, 1.807) is 18.2 Å². The zero-order valence-corrected chi connectivity index (χ0v) is 25.6. The number of rotatable bonds is 2. The minimum absolute atomic E-state index is 0.178. The smallest absolute Gasteiger partial charge is 0.162 e. The van der Waals surface area contributed by atoms with Gasteiger partial charge in [0.25, 0.3) is 0 Å². The maximum Gasteiger partial charge on any atom is 0.162 e. The van der Waals surface area contributed by atoms with Crippen molar-refractivity contribution in [2.45, 2.75) is 90.1 Å². The van der Waals surface area contributed by atoms with E-state index in [-0.39, 0.29) is 22.7 Å². The van der Waals surface area contributed by atoms with Gasteiger partial charge in [0.2, 0.25) is 0 Å². The van der Waals surface area contributed by atoms with E-state index in [9.17, 15) is 8.78 Å². The van der Waals surface area contributed by atoms with Crippen LogP contribution < -0.4 is 10.6 Å². The van der Waals surface area contributed by atoms with Crippen molar-refractivity contribution in [1.82, 2.24) is 29.5 Å². The molecule has 8 rings (SSSR count). The van der Waals surface area contributed by atoms with Crippen molar-refractivity contribution in [3.05, 3.63) is 68.7 Å². The van der Waals surface area contributed by atoms with Crippen LogP contribution in [0.5, 0.6) is 0 Å². The second-order valence-corrected chi connectivity index (χ2v) is 13.5. The molecule has 0 radical (unpaired) electrons. The van der Waals surface area contributed by atoms with Crippen LogP contribution in [0.1, 0.15) is 99.6 Å². The first-order valence-corrected chi connectivity index (χ1v) is 14.9. The molecule has 2 aromatic carbocycles. The van der Waals surface area contributed by atoms with Gasteiger partial charge in [0.05, 0.1) is 38.3 Å². The highest BCUT2D eigenvalue weighted by atomic mass is 79.9. The van der Waals surface area contributed by atoms with E-state index in [0.29, 0.717) is 16.3 Å². The van der Waals surface area contributed by atoms with E-state index in [1.165, 1.54) is 0 Å². The molecule has 2 aliphatic heterocycles. The van der Waals surface area contributed by atoms with E-state index in [2.05, 4.69) is 56.1 Å². The Hall–Kier alpha value is -3.34. The standard InChI is InChI=1S/C15H16BrFN4.C15H17FN4/c1-7-19-20-14-15(2,3)18-10-6-9(17)12(16)11(8-4-5-8)13(10)21(7)14;1-8-18-19-14-15(2,3)17-12-7-10(16)6-11(9-4-5-9)13(12)20(8)14/h6,8,18H,4-5H2,1-3H3;6-7,9,17H,4-5H2,1-3H3. The topological polar surface area (TPSA) is 85.5 Å². The quantitative estimate of drug-likeness (QED) is 0.244. The van der Waals surface area contributed by atoms with Crippen molar-refractivity contribution < 1.29 is 8.78 Å². The average molecular weight is 624 g/mol. The van der Waals surface area contributed by atoms with Crippen LogP contribution in [0, 0.1) is 25.5 Å². The first-order chi connectivity index (χ1) is 19.4. The van der Waals surface area contributed by atoms with Gasteiger partial charge < -0.3 is 10.6 Å². The van der Waals surface area contributed by atoms with Gasteiger partial charge in [-0.05, 0) is 118 Å². The van der Waals surface area contributed by atoms with Crippen LogP contribution in [0.4, 0.5) is 20.2 Å². The molecule has 0 saturated heterocycles. The summed E-state index contributed by atoms with van der Waals surface area (Å²) in [7, 11) is 0. The summed E-state index contributed by atoms with van der Waals surface area (Å²) in [5, 5.41) is 23.9. The molecule has 0 amide bonds. The van der Waals surface area contributed by atoms with Gasteiger partial charge in [0.15, 0.2) is 11.6 Å². The molecule has 0 bridgehead atoms. The number of fused-ring (bicyclic) bond motifs is 6. The highest BCUT2D eigenvalue weighted by molar-refractivity contribution is 9.10. The number of anilines is 2. The average Bonchev–Trinajstić information content (AvgIpc) is 3.81. The summed E-state index contributed by atoms with van der Waals surface area (Å²) in [5.41, 5.74) is 5.07. The Morgan fingerprint density at radius 2 is 1.27 bits per heavy atom. The lowest BCUT2D eigenvalue weighted by atomic mass is 9.96. The van der Waals surface area contributed by atoms with Crippen LogP contribution in [0.2, 0.25) is 0 Å². The lowest BCUT2D eigenvalue weighted by Crippen LogP contribution is -2.36. The number of nitrogens with one attached hydrogen (secondary N) is 2. The number of hydrogen-bond acceptors (Lipinski definition) is 6. The fourth-order valence-corrected chi connectivity index (χ4v) is 6.87. The summed E-state index contributed by atoms with van der Waals surface area (Å²) in [6, 6.07) is 4.81. The molecule has 8 nitrogen and oxygen atoms in total. The Morgan fingerprint density at radius 1 is 0.756 bits per heavy atom. The molecule has 41 heavy (non-hydrogen) atoms. The van der Waals surface area contributed by atoms with Crippen molar-refractivity contribution in [1.29, 1.82) is 0 Å². The van der Waals surface area contributed by atoms with Crippen molar-refractivity contribution >= 4 is 27.3 Å². The zero-order valence-electron chi connectivity index (χ0n) is 24.0. The number of hydrogen-bond donors (Lipinski definition) is 2. The molecule has 4 aromatic rings. The Balaban J connectivity index is 0.000000135. The summed E-state index contributed by atoms with van der Waals surface area (Å²) in [5.74, 6) is 3.93. The third-order valence-corrected chi connectivity index (χ3v) is 9.25. The van der Waals surface area contributed by atoms with Crippen molar-refractivity contribution in [2.75, 3.05) is 10.6 Å². The second kappa shape index (κ2) is 8.83. The number of nitrogens with zero attached hydrogens (tertiary/aromatic N) is 6. The van der Waals surface area contributed by atoms with Crippen LogP contribution in [0.15, 0.2) is 22.7 Å². The summed E-state index contributed by atoms with van der Waals surface area (Å²) < 4.78 is 32.9. The molecule has 0 atom stereocenters.